The van der Waals surface area contributed by atoms with E-state index < -0.39 is 12.2 Å². The number of fused-ring (bicyclic) bond motifs is 2. The summed E-state index contributed by atoms with van der Waals surface area (Å²) in [6.07, 6.45) is 1.03. The molecule has 1 aliphatic rings. The predicted octanol–water partition coefficient (Wildman–Crippen LogP) is 6.92. The second kappa shape index (κ2) is 14.2. The van der Waals surface area contributed by atoms with Gasteiger partial charge in [0.1, 0.15) is 0 Å². The predicted molar refractivity (Wildman–Crippen MR) is 150 cm³/mol. The number of para-hydroxylation sites is 1. The van der Waals surface area contributed by atoms with Gasteiger partial charge in [-0.3, -0.25) is 4.90 Å². The van der Waals surface area contributed by atoms with Crippen molar-refractivity contribution >= 4 is 53.0 Å². The molecule has 3 rings (SSSR count). The largest absolute Gasteiger partial charge is 0.465 e. The van der Waals surface area contributed by atoms with Gasteiger partial charge in [-0.25, -0.2) is 14.4 Å². The Morgan fingerprint density at radius 1 is 0.763 bits per heavy atom. The van der Waals surface area contributed by atoms with Crippen molar-refractivity contribution in [1.82, 2.24) is 14.7 Å². The molecular formula is C27H35ClN4O5S. The maximum absolute atomic E-state index is 14.2. The molecule has 0 spiro atoms. The number of rotatable bonds is 12. The SMILES string of the molecule is CCCCN(CCN(CCN(CCCC)C(=O)O)C(=O)N1c2ccccc2Sc2ccc(Cl)cc21)C(=O)O. The van der Waals surface area contributed by atoms with Crippen molar-refractivity contribution in [2.75, 3.05) is 44.2 Å². The molecule has 1 aliphatic heterocycles. The van der Waals surface area contributed by atoms with E-state index in [2.05, 4.69) is 0 Å². The van der Waals surface area contributed by atoms with Crippen molar-refractivity contribution in [3.63, 3.8) is 0 Å². The van der Waals surface area contributed by atoms with Crippen LogP contribution in [0.3, 0.4) is 0 Å². The first-order chi connectivity index (χ1) is 18.3. The highest BCUT2D eigenvalue weighted by atomic mass is 35.5. The van der Waals surface area contributed by atoms with Gasteiger partial charge in [0.05, 0.1) is 11.4 Å². The summed E-state index contributed by atoms with van der Waals surface area (Å²) in [6.45, 7) is 5.20. The summed E-state index contributed by atoms with van der Waals surface area (Å²) in [4.78, 5) is 45.4. The van der Waals surface area contributed by atoms with Crippen LogP contribution in [0, 0.1) is 0 Å². The van der Waals surface area contributed by atoms with Crippen molar-refractivity contribution in [1.29, 1.82) is 0 Å². The van der Waals surface area contributed by atoms with Crippen molar-refractivity contribution in [3.05, 3.63) is 47.5 Å². The number of unbranched alkanes of at least 4 members (excludes halogenated alkanes) is 2. The smallest absolute Gasteiger partial charge is 0.407 e. The van der Waals surface area contributed by atoms with E-state index in [0.29, 0.717) is 42.3 Å². The third-order valence-corrected chi connectivity index (χ3v) is 7.70. The minimum Gasteiger partial charge on any atom is -0.465 e. The number of urea groups is 1. The maximum atomic E-state index is 14.2. The Bertz CT molecular complexity index is 1100. The molecule has 9 nitrogen and oxygen atoms in total. The summed E-state index contributed by atoms with van der Waals surface area (Å²) >= 11 is 7.86. The van der Waals surface area contributed by atoms with Gasteiger partial charge in [0.2, 0.25) is 0 Å². The van der Waals surface area contributed by atoms with E-state index in [-0.39, 0.29) is 32.2 Å². The Balaban J connectivity index is 1.93. The Labute approximate surface area is 232 Å². The fourth-order valence-electron chi connectivity index (χ4n) is 4.17. The molecular weight excluding hydrogens is 528 g/mol. The molecule has 0 fully saturated rings. The molecule has 1 heterocycles. The van der Waals surface area contributed by atoms with Crippen LogP contribution in [0.4, 0.5) is 25.8 Å². The average molecular weight is 563 g/mol. The first kappa shape index (κ1) is 29.4. The summed E-state index contributed by atoms with van der Waals surface area (Å²) in [6, 6.07) is 12.6. The molecule has 2 aromatic carbocycles. The lowest BCUT2D eigenvalue weighted by Crippen LogP contribution is -2.49. The first-order valence-corrected chi connectivity index (χ1v) is 14.1. The van der Waals surface area contributed by atoms with Crippen molar-refractivity contribution in [2.24, 2.45) is 0 Å². The molecule has 0 atom stereocenters. The minimum atomic E-state index is -1.04. The van der Waals surface area contributed by atoms with Crippen molar-refractivity contribution in [2.45, 2.75) is 49.3 Å². The third kappa shape index (κ3) is 7.48. The molecule has 0 aromatic heterocycles. The zero-order chi connectivity index (χ0) is 27.7. The van der Waals surface area contributed by atoms with E-state index in [4.69, 9.17) is 11.6 Å². The lowest BCUT2D eigenvalue weighted by atomic mass is 10.2. The molecule has 0 aliphatic carbocycles. The number of carboxylic acid groups (broad SMARTS) is 2. The lowest BCUT2D eigenvalue weighted by Gasteiger charge is -2.36. The van der Waals surface area contributed by atoms with Gasteiger partial charge in [0, 0.05) is 54.1 Å². The number of halogens is 1. The molecule has 38 heavy (non-hydrogen) atoms. The number of nitrogens with zero attached hydrogens (tertiary/aromatic N) is 4. The van der Waals surface area contributed by atoms with Crippen LogP contribution in [0.5, 0.6) is 0 Å². The van der Waals surface area contributed by atoms with Crippen LogP contribution in [0.15, 0.2) is 52.3 Å². The Hall–Kier alpha value is -3.11. The lowest BCUT2D eigenvalue weighted by molar-refractivity contribution is 0.128. The van der Waals surface area contributed by atoms with Crippen LogP contribution >= 0.6 is 23.4 Å². The first-order valence-electron chi connectivity index (χ1n) is 12.9. The standard InChI is InChI=1S/C27H35ClN4O5S/c1-3-5-13-30(26(34)35)17-15-29(16-18-31(27(36)37)14-6-4-2)25(33)32-21-9-7-8-10-23(21)38-24-12-11-20(28)19-22(24)32/h7-12,19H,3-6,13-18H2,1-2H3,(H,34,35)(H,36,37). The monoisotopic (exact) mass is 562 g/mol. The number of carbonyl (C=O) groups is 3. The van der Waals surface area contributed by atoms with Crippen LogP contribution in [-0.2, 0) is 0 Å². The Morgan fingerprint density at radius 2 is 1.29 bits per heavy atom. The summed E-state index contributed by atoms with van der Waals surface area (Å²) in [5.74, 6) is 0. The van der Waals surface area contributed by atoms with Gasteiger partial charge in [0.15, 0.2) is 0 Å². The summed E-state index contributed by atoms with van der Waals surface area (Å²) < 4.78 is 0. The number of carbonyl (C=O) groups excluding carboxylic acids is 1. The van der Waals surface area contributed by atoms with Crippen molar-refractivity contribution in [3.8, 4) is 0 Å². The number of hydrogen-bond acceptors (Lipinski definition) is 4. The molecule has 206 valence electrons. The molecule has 0 saturated carbocycles. The molecule has 0 unspecified atom stereocenters. The van der Waals surface area contributed by atoms with Crippen LogP contribution < -0.4 is 4.90 Å². The topological polar surface area (TPSA) is 105 Å². The second-order valence-electron chi connectivity index (χ2n) is 9.03. The van der Waals surface area contributed by atoms with Gasteiger partial charge in [-0.1, -0.05) is 62.2 Å². The van der Waals surface area contributed by atoms with E-state index in [9.17, 15) is 24.6 Å². The molecule has 0 radical (unpaired) electrons. The second-order valence-corrected chi connectivity index (χ2v) is 10.6. The zero-order valence-electron chi connectivity index (χ0n) is 21.8. The maximum Gasteiger partial charge on any atom is 0.407 e. The average Bonchev–Trinajstić information content (AvgIpc) is 2.89. The van der Waals surface area contributed by atoms with Crippen molar-refractivity contribution < 1.29 is 24.6 Å². The molecule has 2 aromatic rings. The highest BCUT2D eigenvalue weighted by Gasteiger charge is 2.32. The summed E-state index contributed by atoms with van der Waals surface area (Å²) in [5, 5.41) is 19.9. The quantitative estimate of drug-likeness (QED) is 0.291. The van der Waals surface area contributed by atoms with Gasteiger partial charge in [0.25, 0.3) is 0 Å². The number of benzene rings is 2. The highest BCUT2D eigenvalue weighted by molar-refractivity contribution is 7.99. The molecule has 2 N–H and O–H groups in total. The van der Waals surface area contributed by atoms with E-state index in [0.717, 1.165) is 22.6 Å². The summed E-state index contributed by atoms with van der Waals surface area (Å²) in [5.41, 5.74) is 1.34. The minimum absolute atomic E-state index is 0.121. The Kier molecular flexibility index (Phi) is 11.0. The zero-order valence-corrected chi connectivity index (χ0v) is 23.4. The van der Waals surface area contributed by atoms with Gasteiger partial charge in [-0.2, -0.15) is 0 Å². The van der Waals surface area contributed by atoms with E-state index in [1.807, 2.05) is 44.2 Å². The fraction of sp³-hybridized carbons (Fsp3) is 0.444. The van der Waals surface area contributed by atoms with Crippen LogP contribution in [0.1, 0.15) is 39.5 Å². The molecule has 0 bridgehead atoms. The van der Waals surface area contributed by atoms with Gasteiger partial charge >= 0.3 is 18.2 Å². The number of amides is 4. The van der Waals surface area contributed by atoms with E-state index in [1.54, 1.807) is 33.7 Å². The summed E-state index contributed by atoms with van der Waals surface area (Å²) in [7, 11) is 0. The normalized spacial score (nSPS) is 11.9. The van der Waals surface area contributed by atoms with Crippen LogP contribution in [0.2, 0.25) is 5.02 Å². The highest BCUT2D eigenvalue weighted by Crippen LogP contribution is 2.49. The van der Waals surface area contributed by atoms with Crippen LogP contribution in [0.25, 0.3) is 0 Å². The van der Waals surface area contributed by atoms with Gasteiger partial charge < -0.3 is 24.9 Å². The van der Waals surface area contributed by atoms with Gasteiger partial charge in [-0.05, 0) is 43.2 Å². The number of hydrogen-bond donors (Lipinski definition) is 2. The molecule has 0 saturated heterocycles. The van der Waals surface area contributed by atoms with Crippen LogP contribution in [-0.4, -0.2) is 82.4 Å². The van der Waals surface area contributed by atoms with E-state index in [1.165, 1.54) is 9.80 Å². The van der Waals surface area contributed by atoms with Gasteiger partial charge in [-0.15, -0.1) is 0 Å². The van der Waals surface area contributed by atoms with E-state index >= 15 is 0 Å². The number of anilines is 2. The Morgan fingerprint density at radius 3 is 1.84 bits per heavy atom. The molecule has 4 amide bonds. The third-order valence-electron chi connectivity index (χ3n) is 6.33. The fourth-order valence-corrected chi connectivity index (χ4v) is 5.37. The molecule has 11 heteroatoms.